The first-order chi connectivity index (χ1) is 21.5. The summed E-state index contributed by atoms with van der Waals surface area (Å²) in [7, 11) is 2.10. The lowest BCUT2D eigenvalue weighted by atomic mass is 9.83. The van der Waals surface area contributed by atoms with Crippen LogP contribution in [0.5, 0.6) is 0 Å². The molecule has 0 amide bonds. The number of aryl methyl sites for hydroxylation is 2. The van der Waals surface area contributed by atoms with Crippen molar-refractivity contribution in [3.8, 4) is 0 Å². The van der Waals surface area contributed by atoms with Gasteiger partial charge in [-0.25, -0.2) is 9.13 Å². The molecule has 0 saturated carbocycles. The minimum absolute atomic E-state index is 0.811. The molecule has 44 heavy (non-hydrogen) atoms. The molecule has 7 heteroatoms. The molecule has 2 rings (SSSR count). The molecule has 0 spiro atoms. The summed E-state index contributed by atoms with van der Waals surface area (Å²) in [6.45, 7) is 12.5. The fourth-order valence-corrected chi connectivity index (χ4v) is 9.58. The van der Waals surface area contributed by atoms with Gasteiger partial charge < -0.3 is 4.74 Å². The molecule has 1 heterocycles. The molecule has 0 fully saturated rings. The zero-order valence-electron chi connectivity index (χ0n) is 28.8. The molecule has 0 saturated heterocycles. The number of benzene rings is 1. The van der Waals surface area contributed by atoms with Gasteiger partial charge in [0.25, 0.3) is 0 Å². The van der Waals surface area contributed by atoms with E-state index in [2.05, 4.69) is 128 Å². The number of ether oxygens (including phenoxy) is 1. The largest absolute Gasteiger partial charge is 0.380 e. The van der Waals surface area contributed by atoms with Crippen LogP contribution in [0.4, 0.5) is 0 Å². The molecule has 4 atom stereocenters. The molecule has 0 aliphatic heterocycles. The number of nitrogens with zero attached hydrogens (tertiary/aromatic N) is 2. The SMILES string of the molecule is CCC(C)CCSCCOCCSCCC(C)CC(CCSCCCn1cc[n+](C)c1)CC(CC)CCSc1ccccc1. The Morgan fingerprint density at radius 1 is 0.727 bits per heavy atom. The van der Waals surface area contributed by atoms with Crippen molar-refractivity contribution in [3.63, 3.8) is 0 Å². The van der Waals surface area contributed by atoms with E-state index in [0.717, 1.165) is 54.9 Å². The van der Waals surface area contributed by atoms with E-state index in [1.165, 1.54) is 91.4 Å². The Labute approximate surface area is 289 Å². The van der Waals surface area contributed by atoms with Gasteiger partial charge in [0.15, 0.2) is 0 Å². The van der Waals surface area contributed by atoms with E-state index in [1.807, 2.05) is 11.8 Å². The van der Waals surface area contributed by atoms with Crippen molar-refractivity contribution in [1.29, 1.82) is 0 Å². The summed E-state index contributed by atoms with van der Waals surface area (Å²) in [6.07, 6.45) is 18.6. The zero-order valence-corrected chi connectivity index (χ0v) is 32.1. The second-order valence-electron chi connectivity index (χ2n) is 12.7. The van der Waals surface area contributed by atoms with Gasteiger partial charge in [0.2, 0.25) is 6.33 Å². The minimum Gasteiger partial charge on any atom is -0.380 e. The van der Waals surface area contributed by atoms with Gasteiger partial charge in [0.1, 0.15) is 12.4 Å². The molecular weight excluding hydrogens is 617 g/mol. The van der Waals surface area contributed by atoms with Crippen LogP contribution < -0.4 is 4.57 Å². The Morgan fingerprint density at radius 2 is 1.39 bits per heavy atom. The van der Waals surface area contributed by atoms with Gasteiger partial charge in [-0.15, -0.1) is 11.8 Å². The molecule has 0 bridgehead atoms. The maximum absolute atomic E-state index is 5.91. The Morgan fingerprint density at radius 3 is 2.05 bits per heavy atom. The van der Waals surface area contributed by atoms with Crippen LogP contribution in [0.2, 0.25) is 0 Å². The highest BCUT2D eigenvalue weighted by Crippen LogP contribution is 2.31. The summed E-state index contributed by atoms with van der Waals surface area (Å²) in [6, 6.07) is 10.9. The standard InChI is InChI=1S/C37H65N2OS4/c1-6-33(3)14-24-42-28-21-40-22-29-43-25-15-34(4)30-36(16-26-41-23-11-18-39-20-19-38(5)32-39)31-35(7-2)17-27-44-37-12-9-8-10-13-37/h8-10,12-13,19-20,32-36H,6-7,11,14-18,21-31H2,1-5H3/q+1. The first-order valence-electron chi connectivity index (χ1n) is 17.5. The van der Waals surface area contributed by atoms with E-state index >= 15 is 0 Å². The normalized spacial score (nSPS) is 14.5. The molecular formula is C37H65N2OS4+. The average Bonchev–Trinajstić information content (AvgIpc) is 3.45. The molecule has 2 aromatic rings. The van der Waals surface area contributed by atoms with Crippen LogP contribution in [0.15, 0.2) is 53.9 Å². The van der Waals surface area contributed by atoms with Gasteiger partial charge in [-0.05, 0) is 110 Å². The van der Waals surface area contributed by atoms with Gasteiger partial charge in [-0.1, -0.05) is 58.7 Å². The quantitative estimate of drug-likeness (QED) is 0.0482. The smallest absolute Gasteiger partial charge is 0.243 e. The molecule has 1 aromatic heterocycles. The predicted molar refractivity (Wildman–Crippen MR) is 204 cm³/mol. The fraction of sp³-hybridized carbons (Fsp3) is 0.757. The van der Waals surface area contributed by atoms with Crippen LogP contribution in [-0.2, 0) is 18.3 Å². The molecule has 1 aromatic carbocycles. The van der Waals surface area contributed by atoms with Crippen molar-refractivity contribution in [2.75, 3.05) is 53.5 Å². The summed E-state index contributed by atoms with van der Waals surface area (Å²) in [4.78, 5) is 1.41. The first kappa shape index (κ1) is 40.0. The van der Waals surface area contributed by atoms with E-state index in [9.17, 15) is 0 Å². The van der Waals surface area contributed by atoms with Gasteiger partial charge in [0.05, 0.1) is 26.8 Å². The number of hydrogen-bond donors (Lipinski definition) is 0. The molecule has 3 nitrogen and oxygen atoms in total. The van der Waals surface area contributed by atoms with Crippen LogP contribution in [0.1, 0.15) is 85.5 Å². The number of thioether (sulfide) groups is 4. The second-order valence-corrected chi connectivity index (χ2v) is 17.5. The van der Waals surface area contributed by atoms with Crippen molar-refractivity contribution in [3.05, 3.63) is 49.1 Å². The Balaban J connectivity index is 1.65. The third kappa shape index (κ3) is 20.8. The molecule has 4 unspecified atom stereocenters. The monoisotopic (exact) mass is 681 g/mol. The fourth-order valence-electron chi connectivity index (χ4n) is 5.49. The van der Waals surface area contributed by atoms with Gasteiger partial charge >= 0.3 is 0 Å². The second kappa shape index (κ2) is 26.8. The van der Waals surface area contributed by atoms with Crippen molar-refractivity contribution in [2.45, 2.75) is 96.9 Å². The van der Waals surface area contributed by atoms with E-state index in [0.29, 0.717) is 0 Å². The average molecular weight is 682 g/mol. The summed E-state index contributed by atoms with van der Waals surface area (Å²) in [5.41, 5.74) is 0. The van der Waals surface area contributed by atoms with Gasteiger partial charge in [-0.3, -0.25) is 0 Å². The third-order valence-electron chi connectivity index (χ3n) is 8.67. The predicted octanol–water partition coefficient (Wildman–Crippen LogP) is 10.4. The first-order valence-corrected chi connectivity index (χ1v) is 21.9. The Kier molecular flexibility index (Phi) is 24.4. The van der Waals surface area contributed by atoms with Crippen LogP contribution in [-0.4, -0.2) is 58.1 Å². The molecule has 252 valence electrons. The van der Waals surface area contributed by atoms with Crippen LogP contribution >= 0.6 is 47.0 Å². The molecule has 0 aliphatic carbocycles. The Bertz CT molecular complexity index is 912. The third-order valence-corrected chi connectivity index (χ3v) is 12.8. The maximum atomic E-state index is 5.91. The molecule has 0 aliphatic rings. The zero-order chi connectivity index (χ0) is 31.7. The summed E-state index contributed by atoms with van der Waals surface area (Å²) < 4.78 is 10.3. The van der Waals surface area contributed by atoms with E-state index < -0.39 is 0 Å². The number of rotatable bonds is 29. The topological polar surface area (TPSA) is 18.0 Å². The van der Waals surface area contributed by atoms with E-state index in [1.54, 1.807) is 0 Å². The molecule has 0 radical (unpaired) electrons. The summed E-state index contributed by atoms with van der Waals surface area (Å²) in [5.74, 6) is 12.1. The van der Waals surface area contributed by atoms with Gasteiger partial charge in [-0.2, -0.15) is 35.3 Å². The van der Waals surface area contributed by atoms with Crippen LogP contribution in [0.3, 0.4) is 0 Å². The highest BCUT2D eigenvalue weighted by Gasteiger charge is 2.18. The molecule has 0 N–H and O–H groups in total. The number of aromatic nitrogens is 2. The highest BCUT2D eigenvalue weighted by molar-refractivity contribution is 7.99. The van der Waals surface area contributed by atoms with Crippen LogP contribution in [0, 0.1) is 23.7 Å². The highest BCUT2D eigenvalue weighted by atomic mass is 32.2. The maximum Gasteiger partial charge on any atom is 0.243 e. The number of hydrogen-bond acceptors (Lipinski definition) is 5. The van der Waals surface area contributed by atoms with E-state index in [4.69, 9.17) is 4.74 Å². The summed E-state index contributed by atoms with van der Waals surface area (Å²) in [5, 5.41) is 0. The van der Waals surface area contributed by atoms with Crippen LogP contribution in [0.25, 0.3) is 0 Å². The van der Waals surface area contributed by atoms with Gasteiger partial charge in [0, 0.05) is 16.4 Å². The van der Waals surface area contributed by atoms with Crippen molar-refractivity contribution >= 4 is 47.0 Å². The lowest BCUT2D eigenvalue weighted by Gasteiger charge is -2.25. The van der Waals surface area contributed by atoms with Crippen molar-refractivity contribution < 1.29 is 9.30 Å². The summed E-state index contributed by atoms with van der Waals surface area (Å²) >= 11 is 8.37. The lowest BCUT2D eigenvalue weighted by molar-refractivity contribution is -0.671. The minimum atomic E-state index is 0.811. The Hall–Kier alpha value is -0.210. The van der Waals surface area contributed by atoms with Crippen molar-refractivity contribution in [1.82, 2.24) is 4.57 Å². The lowest BCUT2D eigenvalue weighted by Crippen LogP contribution is -2.23. The number of imidazole rings is 1. The van der Waals surface area contributed by atoms with E-state index in [-0.39, 0.29) is 0 Å². The van der Waals surface area contributed by atoms with Crippen molar-refractivity contribution in [2.24, 2.45) is 30.7 Å².